The monoisotopic (exact) mass is 394 g/mol. The second-order valence-electron chi connectivity index (χ2n) is 9.25. The zero-order valence-corrected chi connectivity index (χ0v) is 20.0. The van der Waals surface area contributed by atoms with E-state index in [2.05, 4.69) is 13.8 Å². The summed E-state index contributed by atoms with van der Waals surface area (Å²) in [7, 11) is 0. The van der Waals surface area contributed by atoms with E-state index in [1.165, 1.54) is 128 Å². The quantitative estimate of drug-likeness (QED) is 0.158. The molecule has 0 saturated carbocycles. The molecule has 0 N–H and O–H groups in total. The molecule has 1 nitrogen and oxygen atoms in total. The highest BCUT2D eigenvalue weighted by Gasteiger charge is 2.13. The molecule has 28 heavy (non-hydrogen) atoms. The molecule has 0 aliphatic carbocycles. The van der Waals surface area contributed by atoms with Gasteiger partial charge in [0.2, 0.25) is 0 Å². The van der Waals surface area contributed by atoms with Crippen molar-refractivity contribution in [3.63, 3.8) is 0 Å². The molecular formula is C27H54O. The van der Waals surface area contributed by atoms with Crippen molar-refractivity contribution in [1.82, 2.24) is 0 Å². The maximum absolute atomic E-state index is 11.9. The smallest absolute Gasteiger partial charge is 0.132 e. The second-order valence-corrected chi connectivity index (χ2v) is 9.25. The minimum atomic E-state index is 0.350. The SMILES string of the molecule is CCCCCCCCCCCCC(CCCCCCCCCCCC)C(C)=O. The van der Waals surface area contributed by atoms with Gasteiger partial charge in [-0.3, -0.25) is 4.79 Å². The first kappa shape index (κ1) is 27.7. The van der Waals surface area contributed by atoms with E-state index in [0.717, 1.165) is 12.8 Å². The summed E-state index contributed by atoms with van der Waals surface area (Å²) >= 11 is 0. The average molecular weight is 395 g/mol. The van der Waals surface area contributed by atoms with Crippen LogP contribution in [0.2, 0.25) is 0 Å². The number of ketones is 1. The fraction of sp³-hybridized carbons (Fsp3) is 0.963. The molecule has 1 heteroatoms. The summed E-state index contributed by atoms with van der Waals surface area (Å²) in [4.78, 5) is 11.9. The van der Waals surface area contributed by atoms with Crippen molar-refractivity contribution >= 4 is 5.78 Å². The van der Waals surface area contributed by atoms with Crippen molar-refractivity contribution in [1.29, 1.82) is 0 Å². The number of hydrogen-bond donors (Lipinski definition) is 0. The molecule has 0 aliphatic rings. The van der Waals surface area contributed by atoms with E-state index in [4.69, 9.17) is 0 Å². The largest absolute Gasteiger partial charge is 0.300 e. The normalized spacial score (nSPS) is 11.4. The van der Waals surface area contributed by atoms with Crippen molar-refractivity contribution < 1.29 is 4.79 Å². The number of rotatable bonds is 23. The lowest BCUT2D eigenvalue weighted by atomic mass is 9.91. The van der Waals surface area contributed by atoms with Crippen LogP contribution in [0.5, 0.6) is 0 Å². The molecule has 168 valence electrons. The first-order valence-electron chi connectivity index (χ1n) is 13.2. The van der Waals surface area contributed by atoms with E-state index in [0.29, 0.717) is 11.7 Å². The summed E-state index contributed by atoms with van der Waals surface area (Å²) in [6.07, 6.45) is 29.9. The van der Waals surface area contributed by atoms with Gasteiger partial charge in [-0.2, -0.15) is 0 Å². The Morgan fingerprint density at radius 2 is 0.714 bits per heavy atom. The summed E-state index contributed by atoms with van der Waals surface area (Å²) in [5.74, 6) is 0.787. The van der Waals surface area contributed by atoms with Crippen molar-refractivity contribution in [2.75, 3.05) is 0 Å². The summed E-state index contributed by atoms with van der Waals surface area (Å²) in [5.41, 5.74) is 0. The van der Waals surface area contributed by atoms with Crippen LogP contribution in [-0.2, 0) is 4.79 Å². The summed E-state index contributed by atoms with van der Waals surface area (Å²) in [6, 6.07) is 0. The lowest BCUT2D eigenvalue weighted by Crippen LogP contribution is -2.10. The maximum atomic E-state index is 11.9. The Kier molecular flexibility index (Phi) is 22.7. The fourth-order valence-electron chi connectivity index (χ4n) is 4.31. The Labute approximate surface area is 178 Å². The number of carbonyl (C=O) groups is 1. The van der Waals surface area contributed by atoms with Gasteiger partial charge in [0.25, 0.3) is 0 Å². The van der Waals surface area contributed by atoms with Crippen molar-refractivity contribution in [2.45, 2.75) is 162 Å². The topological polar surface area (TPSA) is 17.1 Å². The van der Waals surface area contributed by atoms with Gasteiger partial charge in [0.05, 0.1) is 0 Å². The Morgan fingerprint density at radius 1 is 0.464 bits per heavy atom. The first-order valence-corrected chi connectivity index (χ1v) is 13.2. The van der Waals surface area contributed by atoms with Crippen LogP contribution in [0.4, 0.5) is 0 Å². The van der Waals surface area contributed by atoms with Gasteiger partial charge < -0.3 is 0 Å². The van der Waals surface area contributed by atoms with Gasteiger partial charge >= 0.3 is 0 Å². The molecule has 0 aromatic heterocycles. The summed E-state index contributed by atoms with van der Waals surface area (Å²) in [6.45, 7) is 6.38. The third-order valence-corrected chi connectivity index (χ3v) is 6.39. The van der Waals surface area contributed by atoms with Crippen LogP contribution in [0, 0.1) is 5.92 Å². The second kappa shape index (κ2) is 23.0. The molecular weight excluding hydrogens is 340 g/mol. The van der Waals surface area contributed by atoms with E-state index in [-0.39, 0.29) is 0 Å². The Morgan fingerprint density at radius 3 is 0.964 bits per heavy atom. The standard InChI is InChI=1S/C27H54O/c1-4-6-8-10-12-14-16-18-20-22-24-27(26(3)28)25-23-21-19-17-15-13-11-9-7-5-2/h27H,4-25H2,1-3H3. The van der Waals surface area contributed by atoms with Crippen LogP contribution < -0.4 is 0 Å². The zero-order chi connectivity index (χ0) is 20.7. The minimum Gasteiger partial charge on any atom is -0.300 e. The van der Waals surface area contributed by atoms with E-state index in [9.17, 15) is 4.79 Å². The van der Waals surface area contributed by atoms with Gasteiger partial charge in [0, 0.05) is 5.92 Å². The Bertz CT molecular complexity index is 285. The highest BCUT2D eigenvalue weighted by atomic mass is 16.1. The minimum absolute atomic E-state index is 0.350. The predicted molar refractivity (Wildman–Crippen MR) is 127 cm³/mol. The molecule has 0 fully saturated rings. The number of unbranched alkanes of at least 4 members (excludes halogenated alkanes) is 18. The van der Waals surface area contributed by atoms with Crippen LogP contribution in [0.15, 0.2) is 0 Å². The highest BCUT2D eigenvalue weighted by molar-refractivity contribution is 5.78. The summed E-state index contributed by atoms with van der Waals surface area (Å²) < 4.78 is 0. The van der Waals surface area contributed by atoms with Gasteiger partial charge in [-0.05, 0) is 19.8 Å². The molecule has 0 aliphatic heterocycles. The molecule has 0 atom stereocenters. The van der Waals surface area contributed by atoms with Gasteiger partial charge in [0.15, 0.2) is 0 Å². The lowest BCUT2D eigenvalue weighted by Gasteiger charge is -2.13. The lowest BCUT2D eigenvalue weighted by molar-refractivity contribution is -0.121. The van der Waals surface area contributed by atoms with E-state index < -0.39 is 0 Å². The molecule has 0 amide bonds. The summed E-state index contributed by atoms with van der Waals surface area (Å²) in [5, 5.41) is 0. The fourth-order valence-corrected chi connectivity index (χ4v) is 4.31. The predicted octanol–water partition coefficient (Wildman–Crippen LogP) is 9.81. The number of Topliss-reactive ketones (excluding diaryl/α,β-unsaturated/α-hetero) is 1. The molecule has 0 aromatic rings. The maximum Gasteiger partial charge on any atom is 0.132 e. The molecule has 0 saturated heterocycles. The van der Waals surface area contributed by atoms with Crippen LogP contribution in [0.1, 0.15) is 162 Å². The third kappa shape index (κ3) is 20.4. The number of carbonyl (C=O) groups excluding carboxylic acids is 1. The van der Waals surface area contributed by atoms with Crippen molar-refractivity contribution in [2.24, 2.45) is 5.92 Å². The van der Waals surface area contributed by atoms with Crippen molar-refractivity contribution in [3.8, 4) is 0 Å². The third-order valence-electron chi connectivity index (χ3n) is 6.39. The molecule has 0 radical (unpaired) electrons. The zero-order valence-electron chi connectivity index (χ0n) is 20.0. The molecule has 0 heterocycles. The van der Waals surface area contributed by atoms with E-state index >= 15 is 0 Å². The molecule has 0 spiro atoms. The molecule has 0 bridgehead atoms. The average Bonchev–Trinajstić information content (AvgIpc) is 2.68. The van der Waals surface area contributed by atoms with Crippen LogP contribution in [-0.4, -0.2) is 5.78 Å². The van der Waals surface area contributed by atoms with Crippen molar-refractivity contribution in [3.05, 3.63) is 0 Å². The van der Waals surface area contributed by atoms with Crippen LogP contribution in [0.3, 0.4) is 0 Å². The van der Waals surface area contributed by atoms with Gasteiger partial charge in [-0.25, -0.2) is 0 Å². The Balaban J connectivity index is 3.45. The van der Waals surface area contributed by atoms with Gasteiger partial charge in [0.1, 0.15) is 5.78 Å². The molecule has 0 rings (SSSR count). The van der Waals surface area contributed by atoms with E-state index in [1.807, 2.05) is 6.92 Å². The molecule has 0 aromatic carbocycles. The number of hydrogen-bond acceptors (Lipinski definition) is 1. The Hall–Kier alpha value is -0.330. The molecule has 0 unspecified atom stereocenters. The van der Waals surface area contributed by atoms with E-state index in [1.54, 1.807) is 0 Å². The first-order chi connectivity index (χ1) is 13.7. The van der Waals surface area contributed by atoms with Gasteiger partial charge in [-0.15, -0.1) is 0 Å². The van der Waals surface area contributed by atoms with Gasteiger partial charge in [-0.1, -0.05) is 142 Å². The highest BCUT2D eigenvalue weighted by Crippen LogP contribution is 2.20. The van der Waals surface area contributed by atoms with Crippen LogP contribution >= 0.6 is 0 Å². The van der Waals surface area contributed by atoms with Crippen LogP contribution in [0.25, 0.3) is 0 Å².